The summed E-state index contributed by atoms with van der Waals surface area (Å²) in [6.45, 7) is 6.36. The van der Waals surface area contributed by atoms with Crippen LogP contribution < -0.4 is 0 Å². The van der Waals surface area contributed by atoms with Crippen molar-refractivity contribution >= 4 is 0 Å². The molecule has 0 saturated carbocycles. The van der Waals surface area contributed by atoms with Crippen LogP contribution in [0.1, 0.15) is 32.3 Å². The third-order valence-corrected chi connectivity index (χ3v) is 2.37. The third-order valence-electron chi connectivity index (χ3n) is 2.37. The van der Waals surface area contributed by atoms with Gasteiger partial charge in [0.1, 0.15) is 5.82 Å². The zero-order chi connectivity index (χ0) is 10.6. The van der Waals surface area contributed by atoms with E-state index in [-0.39, 0.29) is 5.82 Å². The molecule has 0 aliphatic carbocycles. The molecule has 1 heteroatoms. The van der Waals surface area contributed by atoms with Crippen LogP contribution >= 0.6 is 0 Å². The van der Waals surface area contributed by atoms with Crippen LogP contribution in [0.4, 0.5) is 4.39 Å². The average molecular weight is 192 g/mol. The lowest BCUT2D eigenvalue weighted by Gasteiger charge is -2.17. The molecule has 0 N–H and O–H groups in total. The molecule has 14 heavy (non-hydrogen) atoms. The van der Waals surface area contributed by atoms with Crippen molar-refractivity contribution in [1.29, 1.82) is 0 Å². The molecular weight excluding hydrogens is 175 g/mol. The number of hydrogen-bond acceptors (Lipinski definition) is 0. The summed E-state index contributed by atoms with van der Waals surface area (Å²) in [5.74, 6) is 0.758. The van der Waals surface area contributed by atoms with Crippen molar-refractivity contribution in [3.8, 4) is 0 Å². The highest BCUT2D eigenvalue weighted by Gasteiger charge is 2.11. The van der Waals surface area contributed by atoms with Crippen molar-refractivity contribution in [2.24, 2.45) is 5.92 Å². The molecule has 76 valence electrons. The van der Waals surface area contributed by atoms with Crippen LogP contribution in [0.15, 0.2) is 36.4 Å². The largest absolute Gasteiger partial charge is 0.207 e. The Balaban J connectivity index is 2.93. The van der Waals surface area contributed by atoms with E-state index >= 15 is 0 Å². The fourth-order valence-corrected chi connectivity index (χ4v) is 1.61. The first-order valence-electron chi connectivity index (χ1n) is 5.03. The van der Waals surface area contributed by atoms with E-state index in [0.29, 0.717) is 11.8 Å². The van der Waals surface area contributed by atoms with Gasteiger partial charge in [0.2, 0.25) is 0 Å². The van der Waals surface area contributed by atoms with Crippen LogP contribution in [0, 0.1) is 11.7 Å². The van der Waals surface area contributed by atoms with Crippen LogP contribution in [-0.4, -0.2) is 0 Å². The molecule has 0 aliphatic rings. The van der Waals surface area contributed by atoms with E-state index in [1.54, 1.807) is 0 Å². The van der Waals surface area contributed by atoms with Crippen molar-refractivity contribution in [1.82, 2.24) is 0 Å². The Morgan fingerprint density at radius 2 is 1.71 bits per heavy atom. The van der Waals surface area contributed by atoms with E-state index in [1.807, 2.05) is 25.1 Å². The molecule has 0 fully saturated rings. The highest BCUT2D eigenvalue weighted by molar-refractivity contribution is 5.24. The Labute approximate surface area is 85.5 Å². The van der Waals surface area contributed by atoms with Crippen molar-refractivity contribution in [3.63, 3.8) is 0 Å². The quantitative estimate of drug-likeness (QED) is 0.631. The topological polar surface area (TPSA) is 0 Å². The molecule has 0 saturated heterocycles. The van der Waals surface area contributed by atoms with Gasteiger partial charge in [0.15, 0.2) is 0 Å². The molecule has 0 nitrogen and oxygen atoms in total. The minimum Gasteiger partial charge on any atom is -0.207 e. The summed E-state index contributed by atoms with van der Waals surface area (Å²) in [6, 6.07) is 6.77. The molecule has 0 radical (unpaired) electrons. The van der Waals surface area contributed by atoms with Crippen molar-refractivity contribution in [2.45, 2.75) is 26.7 Å². The van der Waals surface area contributed by atoms with Gasteiger partial charge in [0, 0.05) is 5.92 Å². The minimum atomic E-state index is -0.170. The molecule has 0 aliphatic heterocycles. The Morgan fingerprint density at radius 1 is 1.14 bits per heavy atom. The Kier molecular flexibility index (Phi) is 3.87. The monoisotopic (exact) mass is 192 g/mol. The molecule has 0 aromatic heterocycles. The summed E-state index contributed by atoms with van der Waals surface area (Å²) in [7, 11) is 0. The first-order valence-corrected chi connectivity index (χ1v) is 5.03. The molecule has 1 unspecified atom stereocenters. The number of hydrogen-bond donors (Lipinski definition) is 0. The zero-order valence-corrected chi connectivity index (χ0v) is 9.00. The van der Waals surface area contributed by atoms with Crippen LogP contribution in [0.3, 0.4) is 0 Å². The van der Waals surface area contributed by atoms with Crippen LogP contribution in [0.2, 0.25) is 0 Å². The lowest BCUT2D eigenvalue weighted by atomic mass is 9.88. The molecule has 1 atom stereocenters. The molecule has 1 aromatic carbocycles. The van der Waals surface area contributed by atoms with Gasteiger partial charge in [-0.25, -0.2) is 4.39 Å². The average Bonchev–Trinajstić information content (AvgIpc) is 2.15. The predicted octanol–water partition coefficient (Wildman–Crippen LogP) is 4.14. The Morgan fingerprint density at radius 3 is 2.14 bits per heavy atom. The number of allylic oxidation sites excluding steroid dienone is 2. The molecule has 0 amide bonds. The normalized spacial score (nSPS) is 13.8. The maximum absolute atomic E-state index is 12.7. The van der Waals surface area contributed by atoms with Gasteiger partial charge >= 0.3 is 0 Å². The maximum Gasteiger partial charge on any atom is 0.123 e. The molecule has 0 heterocycles. The third kappa shape index (κ3) is 2.69. The molecular formula is C13H17F. The summed E-state index contributed by atoms with van der Waals surface area (Å²) in [4.78, 5) is 0. The second-order valence-electron chi connectivity index (χ2n) is 3.85. The van der Waals surface area contributed by atoms with Crippen molar-refractivity contribution in [2.75, 3.05) is 0 Å². The first kappa shape index (κ1) is 11.0. The van der Waals surface area contributed by atoms with E-state index in [2.05, 4.69) is 19.9 Å². The summed E-state index contributed by atoms with van der Waals surface area (Å²) >= 11 is 0. The lowest BCUT2D eigenvalue weighted by Crippen LogP contribution is -2.03. The minimum absolute atomic E-state index is 0.170. The van der Waals surface area contributed by atoms with E-state index in [4.69, 9.17) is 0 Å². The highest BCUT2D eigenvalue weighted by Crippen LogP contribution is 2.25. The maximum atomic E-state index is 12.7. The highest BCUT2D eigenvalue weighted by atomic mass is 19.1. The number of rotatable bonds is 3. The number of halogens is 1. The van der Waals surface area contributed by atoms with E-state index in [9.17, 15) is 4.39 Å². The molecule has 1 rings (SSSR count). The fraction of sp³-hybridized carbons (Fsp3) is 0.385. The molecule has 0 bridgehead atoms. The van der Waals surface area contributed by atoms with Gasteiger partial charge in [-0.2, -0.15) is 0 Å². The van der Waals surface area contributed by atoms with Gasteiger partial charge < -0.3 is 0 Å². The zero-order valence-electron chi connectivity index (χ0n) is 9.00. The summed E-state index contributed by atoms with van der Waals surface area (Å²) in [6.07, 6.45) is 4.21. The standard InChI is InChI=1S/C13H17F/c1-4-5-13(10(2)3)11-6-8-12(14)9-7-11/h4-10,13H,1-3H3/b5-4-. The summed E-state index contributed by atoms with van der Waals surface area (Å²) < 4.78 is 12.7. The van der Waals surface area contributed by atoms with Gasteiger partial charge in [-0.1, -0.05) is 38.1 Å². The second kappa shape index (κ2) is 4.94. The first-order chi connectivity index (χ1) is 6.65. The summed E-state index contributed by atoms with van der Waals surface area (Å²) in [5.41, 5.74) is 1.18. The number of benzene rings is 1. The van der Waals surface area contributed by atoms with Crippen molar-refractivity contribution < 1.29 is 4.39 Å². The van der Waals surface area contributed by atoms with Crippen LogP contribution in [0.25, 0.3) is 0 Å². The van der Waals surface area contributed by atoms with Gasteiger partial charge in [-0.3, -0.25) is 0 Å². The van der Waals surface area contributed by atoms with E-state index in [1.165, 1.54) is 17.7 Å². The fourth-order valence-electron chi connectivity index (χ4n) is 1.61. The van der Waals surface area contributed by atoms with Gasteiger partial charge in [0.05, 0.1) is 0 Å². The second-order valence-corrected chi connectivity index (χ2v) is 3.85. The Bertz CT molecular complexity index is 296. The smallest absolute Gasteiger partial charge is 0.123 e. The lowest BCUT2D eigenvalue weighted by molar-refractivity contribution is 0.574. The van der Waals surface area contributed by atoms with Gasteiger partial charge in [0.25, 0.3) is 0 Å². The van der Waals surface area contributed by atoms with E-state index < -0.39 is 0 Å². The van der Waals surface area contributed by atoms with E-state index in [0.717, 1.165) is 0 Å². The Hall–Kier alpha value is -1.11. The van der Waals surface area contributed by atoms with Crippen LogP contribution in [-0.2, 0) is 0 Å². The predicted molar refractivity (Wildman–Crippen MR) is 58.8 cm³/mol. The SMILES string of the molecule is C/C=C\C(c1ccc(F)cc1)C(C)C. The molecule has 0 spiro atoms. The van der Waals surface area contributed by atoms with Crippen LogP contribution in [0.5, 0.6) is 0 Å². The van der Waals surface area contributed by atoms with Gasteiger partial charge in [-0.05, 0) is 30.5 Å². The van der Waals surface area contributed by atoms with Crippen molar-refractivity contribution in [3.05, 3.63) is 47.8 Å². The molecule has 1 aromatic rings. The summed E-state index contributed by atoms with van der Waals surface area (Å²) in [5, 5.41) is 0. The van der Waals surface area contributed by atoms with Gasteiger partial charge in [-0.15, -0.1) is 0 Å².